The average Bonchev–Trinajstić information content (AvgIpc) is 2.42. The zero-order valence-electron chi connectivity index (χ0n) is 10.6. The lowest BCUT2D eigenvalue weighted by Gasteiger charge is -2.11. The third-order valence-corrected chi connectivity index (χ3v) is 3.17. The number of nitrogens with zero attached hydrogens (tertiary/aromatic N) is 1. The molecule has 0 aliphatic carbocycles. The van der Waals surface area contributed by atoms with Gasteiger partial charge < -0.3 is 9.47 Å². The van der Waals surface area contributed by atoms with E-state index in [9.17, 15) is 0 Å². The van der Waals surface area contributed by atoms with Gasteiger partial charge in [-0.15, -0.1) is 0 Å². The molecule has 0 heterocycles. The lowest BCUT2D eigenvalue weighted by molar-refractivity contribution is 0.408. The van der Waals surface area contributed by atoms with Crippen molar-refractivity contribution in [3.05, 3.63) is 52.0 Å². The van der Waals surface area contributed by atoms with Gasteiger partial charge in [0.25, 0.3) is 0 Å². The Labute approximate surface area is 120 Å². The Morgan fingerprint density at radius 2 is 1.89 bits per heavy atom. The predicted octanol–water partition coefficient (Wildman–Crippen LogP) is 4.43. The second-order valence-corrected chi connectivity index (χ2v) is 4.90. The number of nitriles is 1. The first-order valence-corrected chi connectivity index (χ1v) is 6.45. The zero-order valence-corrected chi connectivity index (χ0v) is 12.2. The lowest BCUT2D eigenvalue weighted by atomic mass is 10.2. The molecule has 4 heteroatoms. The fraction of sp³-hybridized carbons (Fsp3) is 0.133. The van der Waals surface area contributed by atoms with E-state index >= 15 is 0 Å². The number of aryl methyl sites for hydroxylation is 1. The van der Waals surface area contributed by atoms with Gasteiger partial charge in [-0.1, -0.05) is 22.0 Å². The summed E-state index contributed by atoms with van der Waals surface area (Å²) < 4.78 is 11.9. The number of ether oxygens (including phenoxy) is 2. The van der Waals surface area contributed by atoms with Gasteiger partial charge >= 0.3 is 0 Å². The molecule has 0 aromatic heterocycles. The molecular weight excluding hydrogens is 306 g/mol. The fourth-order valence-corrected chi connectivity index (χ4v) is 1.95. The van der Waals surface area contributed by atoms with Gasteiger partial charge in [-0.2, -0.15) is 5.26 Å². The van der Waals surface area contributed by atoms with E-state index in [1.54, 1.807) is 25.3 Å². The van der Waals surface area contributed by atoms with Crippen LogP contribution in [0.1, 0.15) is 11.1 Å². The van der Waals surface area contributed by atoms with E-state index in [-0.39, 0.29) is 0 Å². The Morgan fingerprint density at radius 1 is 1.11 bits per heavy atom. The molecule has 0 unspecified atom stereocenters. The largest absolute Gasteiger partial charge is 0.497 e. The number of benzene rings is 2. The van der Waals surface area contributed by atoms with E-state index in [2.05, 4.69) is 22.0 Å². The van der Waals surface area contributed by atoms with Crippen molar-refractivity contribution in [2.45, 2.75) is 6.92 Å². The normalized spacial score (nSPS) is 9.79. The average molecular weight is 318 g/mol. The van der Waals surface area contributed by atoms with Crippen molar-refractivity contribution < 1.29 is 9.47 Å². The number of hydrogen-bond donors (Lipinski definition) is 0. The number of methoxy groups -OCH3 is 1. The van der Waals surface area contributed by atoms with Crippen LogP contribution in [0.5, 0.6) is 17.2 Å². The van der Waals surface area contributed by atoms with Crippen molar-refractivity contribution in [3.8, 4) is 23.3 Å². The Hall–Kier alpha value is -1.99. The van der Waals surface area contributed by atoms with Crippen LogP contribution in [0.4, 0.5) is 0 Å². The van der Waals surface area contributed by atoms with Gasteiger partial charge in [0, 0.05) is 10.5 Å². The van der Waals surface area contributed by atoms with Crippen LogP contribution in [-0.4, -0.2) is 7.11 Å². The van der Waals surface area contributed by atoms with Gasteiger partial charge in [0.05, 0.1) is 12.7 Å². The highest BCUT2D eigenvalue weighted by Gasteiger charge is 2.09. The van der Waals surface area contributed by atoms with Crippen LogP contribution >= 0.6 is 15.9 Å². The summed E-state index contributed by atoms with van der Waals surface area (Å²) in [6.45, 7) is 1.95. The summed E-state index contributed by atoms with van der Waals surface area (Å²) in [6.07, 6.45) is 0. The van der Waals surface area contributed by atoms with Crippen LogP contribution in [0.15, 0.2) is 40.9 Å². The van der Waals surface area contributed by atoms with Gasteiger partial charge in [-0.25, -0.2) is 0 Å². The predicted molar refractivity (Wildman–Crippen MR) is 76.7 cm³/mol. The van der Waals surface area contributed by atoms with Crippen molar-refractivity contribution in [3.63, 3.8) is 0 Å². The molecule has 0 fully saturated rings. The quantitative estimate of drug-likeness (QED) is 0.841. The highest BCUT2D eigenvalue weighted by Crippen LogP contribution is 2.32. The second kappa shape index (κ2) is 5.77. The molecule has 0 saturated carbocycles. The Bertz CT molecular complexity index is 647. The van der Waals surface area contributed by atoms with E-state index in [0.717, 1.165) is 10.0 Å². The molecule has 0 atom stereocenters. The van der Waals surface area contributed by atoms with Crippen molar-refractivity contribution >= 4 is 15.9 Å². The third kappa shape index (κ3) is 3.07. The summed E-state index contributed by atoms with van der Waals surface area (Å²) in [6, 6.07) is 13.0. The van der Waals surface area contributed by atoms with Gasteiger partial charge in [-0.3, -0.25) is 0 Å². The summed E-state index contributed by atoms with van der Waals surface area (Å²) in [7, 11) is 1.58. The van der Waals surface area contributed by atoms with Crippen LogP contribution in [0.2, 0.25) is 0 Å². The molecule has 0 saturated heterocycles. The van der Waals surface area contributed by atoms with Crippen LogP contribution in [0.25, 0.3) is 0 Å². The minimum absolute atomic E-state index is 0.472. The number of rotatable bonds is 3. The highest BCUT2D eigenvalue weighted by atomic mass is 79.9. The van der Waals surface area contributed by atoms with Crippen molar-refractivity contribution in [2.24, 2.45) is 0 Å². The molecule has 0 radical (unpaired) electrons. The molecule has 0 amide bonds. The minimum atomic E-state index is 0.472. The van der Waals surface area contributed by atoms with E-state index in [1.807, 2.05) is 25.1 Å². The smallest absolute Gasteiger partial charge is 0.148 e. The summed E-state index contributed by atoms with van der Waals surface area (Å²) in [5.74, 6) is 1.85. The molecule has 3 nitrogen and oxygen atoms in total. The van der Waals surface area contributed by atoms with Crippen LogP contribution in [-0.2, 0) is 0 Å². The van der Waals surface area contributed by atoms with E-state index < -0.39 is 0 Å². The molecule has 0 aliphatic heterocycles. The Morgan fingerprint density at radius 3 is 2.58 bits per heavy atom. The van der Waals surface area contributed by atoms with Crippen molar-refractivity contribution in [2.75, 3.05) is 7.11 Å². The summed E-state index contributed by atoms with van der Waals surface area (Å²) in [5, 5.41) is 9.10. The standard InChI is InChI=1S/C15H12BrNO2/c1-10-3-5-12(16)7-14(10)19-15-8-13(18-2)6-4-11(15)9-17/h3-8H,1-2H3. The maximum Gasteiger partial charge on any atom is 0.148 e. The van der Waals surface area contributed by atoms with Gasteiger partial charge in [0.1, 0.15) is 23.3 Å². The SMILES string of the molecule is COc1ccc(C#N)c(Oc2cc(Br)ccc2C)c1. The Balaban J connectivity index is 2.42. The molecular formula is C15H12BrNO2. The molecule has 0 spiro atoms. The fourth-order valence-electron chi connectivity index (χ4n) is 1.61. The molecule has 2 rings (SSSR count). The number of halogens is 1. The zero-order chi connectivity index (χ0) is 13.8. The highest BCUT2D eigenvalue weighted by molar-refractivity contribution is 9.10. The topological polar surface area (TPSA) is 42.2 Å². The molecule has 0 bridgehead atoms. The minimum Gasteiger partial charge on any atom is -0.497 e. The summed E-state index contributed by atoms with van der Waals surface area (Å²) in [5.41, 5.74) is 1.47. The van der Waals surface area contributed by atoms with Crippen LogP contribution in [0.3, 0.4) is 0 Å². The maximum atomic E-state index is 9.10. The third-order valence-electron chi connectivity index (χ3n) is 2.68. The summed E-state index contributed by atoms with van der Waals surface area (Å²) in [4.78, 5) is 0. The molecule has 0 N–H and O–H groups in total. The first-order valence-electron chi connectivity index (χ1n) is 5.66. The van der Waals surface area contributed by atoms with Gasteiger partial charge in [0.2, 0.25) is 0 Å². The molecule has 0 aliphatic rings. The van der Waals surface area contributed by atoms with Crippen LogP contribution in [0, 0.1) is 18.3 Å². The maximum absolute atomic E-state index is 9.10. The van der Waals surface area contributed by atoms with Gasteiger partial charge in [0.15, 0.2) is 0 Å². The van der Waals surface area contributed by atoms with E-state index in [0.29, 0.717) is 22.8 Å². The summed E-state index contributed by atoms with van der Waals surface area (Å²) >= 11 is 3.40. The molecule has 2 aromatic carbocycles. The number of hydrogen-bond acceptors (Lipinski definition) is 3. The Kier molecular flexibility index (Phi) is 4.08. The molecule has 2 aromatic rings. The lowest BCUT2D eigenvalue weighted by Crippen LogP contribution is -1.92. The first kappa shape index (κ1) is 13.4. The second-order valence-electron chi connectivity index (χ2n) is 3.99. The molecule has 96 valence electrons. The van der Waals surface area contributed by atoms with E-state index in [1.165, 1.54) is 0 Å². The molecule has 19 heavy (non-hydrogen) atoms. The van der Waals surface area contributed by atoms with Gasteiger partial charge in [-0.05, 0) is 36.8 Å². The van der Waals surface area contributed by atoms with Crippen molar-refractivity contribution in [1.29, 1.82) is 5.26 Å². The van der Waals surface area contributed by atoms with Crippen LogP contribution < -0.4 is 9.47 Å². The van der Waals surface area contributed by atoms with Crippen molar-refractivity contribution in [1.82, 2.24) is 0 Å². The van der Waals surface area contributed by atoms with E-state index in [4.69, 9.17) is 14.7 Å². The first-order chi connectivity index (χ1) is 9.13. The monoisotopic (exact) mass is 317 g/mol.